The summed E-state index contributed by atoms with van der Waals surface area (Å²) in [7, 11) is 2.95. The second-order valence-corrected chi connectivity index (χ2v) is 5.65. The molecule has 0 fully saturated rings. The molecule has 0 saturated carbocycles. The van der Waals surface area contributed by atoms with E-state index in [1.165, 1.54) is 20.3 Å². The van der Waals surface area contributed by atoms with Crippen LogP contribution in [0.4, 0.5) is 0 Å². The van der Waals surface area contributed by atoms with Crippen LogP contribution in [0.3, 0.4) is 0 Å². The van der Waals surface area contributed by atoms with Crippen LogP contribution < -0.4 is 25.6 Å². The van der Waals surface area contributed by atoms with Gasteiger partial charge < -0.3 is 19.5 Å². The van der Waals surface area contributed by atoms with E-state index in [1.807, 2.05) is 6.92 Å². The Hall–Kier alpha value is -2.88. The maximum atomic E-state index is 12.1. The van der Waals surface area contributed by atoms with Crippen molar-refractivity contribution in [1.29, 1.82) is 0 Å². The monoisotopic (exact) mass is 397 g/mol. The highest BCUT2D eigenvalue weighted by Crippen LogP contribution is 2.27. The van der Waals surface area contributed by atoms with Crippen LogP contribution in [0.15, 0.2) is 18.2 Å². The number of benzene rings is 1. The summed E-state index contributed by atoms with van der Waals surface area (Å²) in [5.41, 5.74) is 5.06. The van der Waals surface area contributed by atoms with E-state index in [0.717, 1.165) is 0 Å². The molecule has 10 heteroatoms. The van der Waals surface area contributed by atoms with Crippen molar-refractivity contribution in [2.45, 2.75) is 26.2 Å². The van der Waals surface area contributed by atoms with Crippen LogP contribution in [0.1, 0.15) is 36.5 Å². The van der Waals surface area contributed by atoms with Crippen LogP contribution >= 0.6 is 12.2 Å². The number of hydrazine groups is 1. The molecular weight excluding hydrogens is 374 g/mol. The van der Waals surface area contributed by atoms with Gasteiger partial charge in [0.15, 0.2) is 16.6 Å². The number of hydrogen-bond donors (Lipinski definition) is 3. The number of amides is 2. The maximum absolute atomic E-state index is 12.1. The number of esters is 1. The molecule has 0 aliphatic heterocycles. The van der Waals surface area contributed by atoms with Gasteiger partial charge in [0.1, 0.15) is 0 Å². The fourth-order valence-electron chi connectivity index (χ4n) is 1.89. The second-order valence-electron chi connectivity index (χ2n) is 5.25. The van der Waals surface area contributed by atoms with Gasteiger partial charge in [-0.15, -0.1) is 0 Å². The SMILES string of the molecule is CCCOC(=O)CCC(=O)NC(=S)NNC(=O)c1ccc(OC)c(OC)c1. The lowest BCUT2D eigenvalue weighted by Crippen LogP contribution is -2.48. The molecule has 148 valence electrons. The van der Waals surface area contributed by atoms with Crippen molar-refractivity contribution in [2.24, 2.45) is 0 Å². The first-order valence-electron chi connectivity index (χ1n) is 8.19. The number of carbonyl (C=O) groups is 3. The molecule has 27 heavy (non-hydrogen) atoms. The quantitative estimate of drug-likeness (QED) is 0.339. The minimum absolute atomic E-state index is 0.0492. The predicted octanol–water partition coefficient (Wildman–Crippen LogP) is 1.07. The van der Waals surface area contributed by atoms with Gasteiger partial charge in [0, 0.05) is 12.0 Å². The molecule has 1 aromatic rings. The van der Waals surface area contributed by atoms with Gasteiger partial charge in [-0.2, -0.15) is 0 Å². The number of ether oxygens (including phenoxy) is 3. The molecule has 0 heterocycles. The standard InChI is InChI=1S/C17H23N3O6S/c1-4-9-26-15(22)8-7-14(21)18-17(27)20-19-16(23)11-5-6-12(24-2)13(10-11)25-3/h5-6,10H,4,7-9H2,1-3H3,(H,19,23)(H2,18,20,21,27). The summed E-state index contributed by atoms with van der Waals surface area (Å²) in [4.78, 5) is 35.2. The van der Waals surface area contributed by atoms with Gasteiger partial charge in [-0.25, -0.2) is 0 Å². The Morgan fingerprint density at radius 2 is 1.74 bits per heavy atom. The zero-order valence-electron chi connectivity index (χ0n) is 15.4. The highest BCUT2D eigenvalue weighted by Gasteiger charge is 2.12. The molecule has 0 bridgehead atoms. The summed E-state index contributed by atoms with van der Waals surface area (Å²) in [6.45, 7) is 2.20. The molecule has 2 amide bonds. The fraction of sp³-hybridized carbons (Fsp3) is 0.412. The van der Waals surface area contributed by atoms with E-state index in [0.29, 0.717) is 30.1 Å². The molecule has 0 unspecified atom stereocenters. The van der Waals surface area contributed by atoms with Crippen molar-refractivity contribution in [1.82, 2.24) is 16.2 Å². The predicted molar refractivity (Wildman–Crippen MR) is 101 cm³/mol. The van der Waals surface area contributed by atoms with Crippen molar-refractivity contribution < 1.29 is 28.6 Å². The molecular formula is C17H23N3O6S. The molecule has 0 aromatic heterocycles. The first kappa shape index (κ1) is 22.2. The van der Waals surface area contributed by atoms with Crippen LogP contribution in [0.2, 0.25) is 0 Å². The smallest absolute Gasteiger partial charge is 0.306 e. The molecule has 0 aliphatic rings. The van der Waals surface area contributed by atoms with Crippen LogP contribution in [-0.4, -0.2) is 43.7 Å². The average molecular weight is 397 g/mol. The average Bonchev–Trinajstić information content (AvgIpc) is 2.68. The molecule has 0 saturated heterocycles. The van der Waals surface area contributed by atoms with Crippen LogP contribution in [0.5, 0.6) is 11.5 Å². The third-order valence-corrected chi connectivity index (χ3v) is 3.42. The van der Waals surface area contributed by atoms with Gasteiger partial charge in [0.05, 0.1) is 27.2 Å². The topological polar surface area (TPSA) is 115 Å². The lowest BCUT2D eigenvalue weighted by atomic mass is 10.2. The number of rotatable bonds is 8. The molecule has 9 nitrogen and oxygen atoms in total. The summed E-state index contributed by atoms with van der Waals surface area (Å²) in [5, 5.41) is 2.25. The van der Waals surface area contributed by atoms with E-state index < -0.39 is 17.8 Å². The van der Waals surface area contributed by atoms with E-state index in [-0.39, 0.29) is 18.0 Å². The van der Waals surface area contributed by atoms with Crippen LogP contribution in [0, 0.1) is 0 Å². The van der Waals surface area contributed by atoms with Gasteiger partial charge in [-0.1, -0.05) is 6.92 Å². The number of thiocarbonyl (C=S) groups is 1. The van der Waals surface area contributed by atoms with Crippen molar-refractivity contribution >= 4 is 35.1 Å². The highest BCUT2D eigenvalue weighted by molar-refractivity contribution is 7.80. The molecule has 3 N–H and O–H groups in total. The largest absolute Gasteiger partial charge is 0.493 e. The first-order valence-corrected chi connectivity index (χ1v) is 8.59. The molecule has 1 aromatic carbocycles. The van der Waals surface area contributed by atoms with E-state index in [4.69, 9.17) is 26.4 Å². The van der Waals surface area contributed by atoms with Crippen LogP contribution in [-0.2, 0) is 14.3 Å². The van der Waals surface area contributed by atoms with Crippen LogP contribution in [0.25, 0.3) is 0 Å². The Morgan fingerprint density at radius 1 is 1.04 bits per heavy atom. The summed E-state index contributed by atoms with van der Waals surface area (Å²) >= 11 is 4.92. The second kappa shape index (κ2) is 11.7. The molecule has 0 radical (unpaired) electrons. The number of hydrogen-bond acceptors (Lipinski definition) is 7. The Bertz CT molecular complexity index is 695. The Balaban J connectivity index is 2.42. The van der Waals surface area contributed by atoms with E-state index >= 15 is 0 Å². The molecule has 0 atom stereocenters. The molecule has 0 spiro atoms. The third-order valence-electron chi connectivity index (χ3n) is 3.21. The first-order chi connectivity index (χ1) is 12.9. The number of carbonyl (C=O) groups excluding carboxylic acids is 3. The van der Waals surface area contributed by atoms with E-state index in [2.05, 4.69) is 16.2 Å². The van der Waals surface area contributed by atoms with E-state index in [1.54, 1.807) is 12.1 Å². The van der Waals surface area contributed by atoms with Gasteiger partial charge in [-0.05, 0) is 36.8 Å². The molecule has 0 aliphatic carbocycles. The van der Waals surface area contributed by atoms with E-state index in [9.17, 15) is 14.4 Å². The number of methoxy groups -OCH3 is 2. The van der Waals surface area contributed by atoms with Gasteiger partial charge in [0.2, 0.25) is 5.91 Å². The number of nitrogens with one attached hydrogen (secondary N) is 3. The zero-order valence-corrected chi connectivity index (χ0v) is 16.2. The lowest BCUT2D eigenvalue weighted by Gasteiger charge is -2.12. The Morgan fingerprint density at radius 3 is 2.37 bits per heavy atom. The summed E-state index contributed by atoms with van der Waals surface area (Å²) in [6, 6.07) is 4.63. The minimum Gasteiger partial charge on any atom is -0.493 e. The molecule has 1 rings (SSSR count). The van der Waals surface area contributed by atoms with Crippen molar-refractivity contribution in [3.8, 4) is 11.5 Å². The fourth-order valence-corrected chi connectivity index (χ4v) is 2.05. The van der Waals surface area contributed by atoms with Gasteiger partial charge in [-0.3, -0.25) is 25.2 Å². The Kier molecular flexibility index (Phi) is 9.59. The third kappa shape index (κ3) is 7.90. The van der Waals surface area contributed by atoms with Crippen molar-refractivity contribution in [2.75, 3.05) is 20.8 Å². The van der Waals surface area contributed by atoms with Gasteiger partial charge >= 0.3 is 5.97 Å². The highest BCUT2D eigenvalue weighted by atomic mass is 32.1. The summed E-state index contributed by atoms with van der Waals surface area (Å²) in [5.74, 6) is -0.525. The zero-order chi connectivity index (χ0) is 20.2. The van der Waals surface area contributed by atoms with Crippen molar-refractivity contribution in [3.63, 3.8) is 0 Å². The Labute approximate surface area is 162 Å². The van der Waals surface area contributed by atoms with Crippen molar-refractivity contribution in [3.05, 3.63) is 23.8 Å². The van der Waals surface area contributed by atoms with Gasteiger partial charge in [0.25, 0.3) is 5.91 Å². The maximum Gasteiger partial charge on any atom is 0.306 e. The lowest BCUT2D eigenvalue weighted by molar-refractivity contribution is -0.144. The summed E-state index contributed by atoms with van der Waals surface area (Å²) < 4.78 is 15.1. The minimum atomic E-state index is -0.490. The summed E-state index contributed by atoms with van der Waals surface area (Å²) in [6.07, 6.45) is 0.589. The normalized spacial score (nSPS) is 9.74.